The minimum Gasteiger partial charge on any atom is -0.311 e. The van der Waals surface area contributed by atoms with E-state index >= 15 is 0 Å². The fourth-order valence-corrected chi connectivity index (χ4v) is 2.63. The molecule has 0 aromatic carbocycles. The summed E-state index contributed by atoms with van der Waals surface area (Å²) in [5, 5.41) is 3.73. The number of likely N-dealkylation sites (tertiary alicyclic amines) is 1. The van der Waals surface area contributed by atoms with Crippen molar-refractivity contribution in [2.24, 2.45) is 5.92 Å². The average Bonchev–Trinajstić information content (AvgIpc) is 2.16. The zero-order valence-electron chi connectivity index (χ0n) is 11.7. The van der Waals surface area contributed by atoms with Crippen molar-refractivity contribution in [1.82, 2.24) is 15.1 Å². The molecule has 1 heterocycles. The van der Waals surface area contributed by atoms with E-state index in [1.807, 2.05) is 0 Å². The highest BCUT2D eigenvalue weighted by Crippen LogP contribution is 2.10. The molecule has 2 atom stereocenters. The highest BCUT2D eigenvalue weighted by molar-refractivity contribution is 4.80. The van der Waals surface area contributed by atoms with Gasteiger partial charge in [0.2, 0.25) is 0 Å². The summed E-state index contributed by atoms with van der Waals surface area (Å²) in [5.74, 6) is 0.712. The first-order valence-corrected chi connectivity index (χ1v) is 6.59. The summed E-state index contributed by atoms with van der Waals surface area (Å²) < 4.78 is 0. The van der Waals surface area contributed by atoms with Gasteiger partial charge in [-0.2, -0.15) is 0 Å². The van der Waals surface area contributed by atoms with Gasteiger partial charge in [0, 0.05) is 25.2 Å². The summed E-state index contributed by atoms with van der Waals surface area (Å²) >= 11 is 0. The molecular weight excluding hydrogens is 198 g/mol. The molecule has 1 saturated heterocycles. The molecule has 0 saturated carbocycles. The number of likely N-dealkylation sites (N-methyl/N-ethyl adjacent to an activating group) is 2. The van der Waals surface area contributed by atoms with Crippen molar-refractivity contribution in [3.8, 4) is 0 Å². The highest BCUT2D eigenvalue weighted by atomic mass is 15.2. The van der Waals surface area contributed by atoms with E-state index in [0.717, 1.165) is 6.54 Å². The molecule has 3 nitrogen and oxygen atoms in total. The van der Waals surface area contributed by atoms with E-state index in [-0.39, 0.29) is 0 Å². The van der Waals surface area contributed by atoms with E-state index in [4.69, 9.17) is 0 Å². The Kier molecular flexibility index (Phi) is 5.73. The van der Waals surface area contributed by atoms with Crippen LogP contribution in [0.25, 0.3) is 0 Å². The first-order valence-electron chi connectivity index (χ1n) is 6.59. The number of piperidine rings is 1. The van der Waals surface area contributed by atoms with Crippen molar-refractivity contribution in [2.75, 3.05) is 40.8 Å². The topological polar surface area (TPSA) is 18.5 Å². The summed E-state index contributed by atoms with van der Waals surface area (Å²) in [7, 11) is 6.58. The Morgan fingerprint density at radius 1 is 1.38 bits per heavy atom. The van der Waals surface area contributed by atoms with Crippen LogP contribution in [0.2, 0.25) is 0 Å². The largest absolute Gasteiger partial charge is 0.311 e. The van der Waals surface area contributed by atoms with Gasteiger partial charge in [-0.1, -0.05) is 13.8 Å². The van der Waals surface area contributed by atoms with Gasteiger partial charge < -0.3 is 15.1 Å². The van der Waals surface area contributed by atoms with Crippen molar-refractivity contribution in [1.29, 1.82) is 0 Å². The lowest BCUT2D eigenvalue weighted by molar-refractivity contribution is 0.188. The standard InChI is InChI=1S/C13H29N3/c1-11(2)13(15(3)4)9-14-12-7-6-8-16(5)10-12/h11-14H,6-10H2,1-5H3. The minimum absolute atomic E-state index is 0.646. The fraction of sp³-hybridized carbons (Fsp3) is 1.00. The summed E-state index contributed by atoms with van der Waals surface area (Å²) in [4.78, 5) is 4.77. The maximum Gasteiger partial charge on any atom is 0.0237 e. The SMILES string of the molecule is CC(C)C(CNC1CCCN(C)C1)N(C)C. The second kappa shape index (κ2) is 6.58. The van der Waals surface area contributed by atoms with Crippen molar-refractivity contribution >= 4 is 0 Å². The average molecular weight is 227 g/mol. The van der Waals surface area contributed by atoms with Gasteiger partial charge in [0.25, 0.3) is 0 Å². The highest BCUT2D eigenvalue weighted by Gasteiger charge is 2.20. The lowest BCUT2D eigenvalue weighted by Gasteiger charge is -2.34. The zero-order chi connectivity index (χ0) is 12.1. The van der Waals surface area contributed by atoms with E-state index in [1.165, 1.54) is 25.9 Å². The van der Waals surface area contributed by atoms with Crippen LogP contribution in [-0.4, -0.2) is 62.7 Å². The lowest BCUT2D eigenvalue weighted by Crippen LogP contribution is -2.49. The number of nitrogens with zero attached hydrogens (tertiary/aromatic N) is 2. The molecule has 16 heavy (non-hydrogen) atoms. The molecule has 0 radical (unpaired) electrons. The molecule has 1 rings (SSSR count). The van der Waals surface area contributed by atoms with Crippen LogP contribution in [-0.2, 0) is 0 Å². The third-order valence-electron chi connectivity index (χ3n) is 3.67. The van der Waals surface area contributed by atoms with Gasteiger partial charge in [0.05, 0.1) is 0 Å². The van der Waals surface area contributed by atoms with Crippen LogP contribution >= 0.6 is 0 Å². The van der Waals surface area contributed by atoms with Gasteiger partial charge in [-0.3, -0.25) is 0 Å². The number of nitrogens with one attached hydrogen (secondary N) is 1. The number of hydrogen-bond acceptors (Lipinski definition) is 3. The predicted molar refractivity (Wildman–Crippen MR) is 70.8 cm³/mol. The summed E-state index contributed by atoms with van der Waals surface area (Å²) in [6.07, 6.45) is 2.67. The predicted octanol–water partition coefficient (Wildman–Crippen LogP) is 1.26. The molecule has 0 amide bonds. The molecule has 1 N–H and O–H groups in total. The first kappa shape index (κ1) is 13.9. The Hall–Kier alpha value is -0.120. The van der Waals surface area contributed by atoms with Crippen LogP contribution in [0.1, 0.15) is 26.7 Å². The Morgan fingerprint density at radius 3 is 2.56 bits per heavy atom. The van der Waals surface area contributed by atoms with Gasteiger partial charge >= 0.3 is 0 Å². The molecule has 1 fully saturated rings. The molecule has 0 spiro atoms. The Morgan fingerprint density at radius 2 is 2.06 bits per heavy atom. The monoisotopic (exact) mass is 227 g/mol. The van der Waals surface area contributed by atoms with E-state index in [1.54, 1.807) is 0 Å². The van der Waals surface area contributed by atoms with Crippen LogP contribution in [0.3, 0.4) is 0 Å². The fourth-order valence-electron chi connectivity index (χ4n) is 2.63. The molecule has 1 aliphatic rings. The van der Waals surface area contributed by atoms with Gasteiger partial charge in [0.15, 0.2) is 0 Å². The van der Waals surface area contributed by atoms with Crippen LogP contribution < -0.4 is 5.32 Å². The Balaban J connectivity index is 2.31. The van der Waals surface area contributed by atoms with E-state index in [2.05, 4.69) is 50.1 Å². The summed E-state index contributed by atoms with van der Waals surface area (Å²) in [6, 6.07) is 1.34. The maximum atomic E-state index is 3.73. The van der Waals surface area contributed by atoms with Crippen LogP contribution in [0.5, 0.6) is 0 Å². The first-order chi connectivity index (χ1) is 7.50. The molecule has 0 bridgehead atoms. The van der Waals surface area contributed by atoms with Crippen molar-refractivity contribution in [3.63, 3.8) is 0 Å². The molecule has 1 aliphatic heterocycles. The van der Waals surface area contributed by atoms with Crippen LogP contribution in [0, 0.1) is 5.92 Å². The lowest BCUT2D eigenvalue weighted by atomic mass is 10.0. The normalized spacial score (nSPS) is 25.3. The van der Waals surface area contributed by atoms with Crippen molar-refractivity contribution in [2.45, 2.75) is 38.8 Å². The number of hydrogen-bond donors (Lipinski definition) is 1. The third kappa shape index (κ3) is 4.40. The summed E-state index contributed by atoms with van der Waals surface area (Å²) in [6.45, 7) is 8.19. The van der Waals surface area contributed by atoms with Crippen LogP contribution in [0.15, 0.2) is 0 Å². The van der Waals surface area contributed by atoms with Crippen molar-refractivity contribution in [3.05, 3.63) is 0 Å². The molecule has 0 aromatic rings. The minimum atomic E-state index is 0.646. The van der Waals surface area contributed by atoms with Gasteiger partial charge in [-0.05, 0) is 46.4 Å². The molecule has 0 aromatic heterocycles. The second-order valence-corrected chi connectivity index (χ2v) is 5.78. The molecule has 2 unspecified atom stereocenters. The molecular formula is C13H29N3. The Bertz CT molecular complexity index is 184. The summed E-state index contributed by atoms with van der Waals surface area (Å²) in [5.41, 5.74) is 0. The zero-order valence-corrected chi connectivity index (χ0v) is 11.7. The quantitative estimate of drug-likeness (QED) is 0.763. The van der Waals surface area contributed by atoms with E-state index < -0.39 is 0 Å². The Labute approximate surface area is 101 Å². The van der Waals surface area contributed by atoms with E-state index in [0.29, 0.717) is 18.0 Å². The molecule has 96 valence electrons. The third-order valence-corrected chi connectivity index (χ3v) is 3.67. The number of rotatable bonds is 5. The van der Waals surface area contributed by atoms with Gasteiger partial charge in [-0.15, -0.1) is 0 Å². The van der Waals surface area contributed by atoms with Crippen molar-refractivity contribution < 1.29 is 0 Å². The molecule has 3 heteroatoms. The second-order valence-electron chi connectivity index (χ2n) is 5.78. The maximum absolute atomic E-state index is 3.73. The van der Waals surface area contributed by atoms with E-state index in [9.17, 15) is 0 Å². The smallest absolute Gasteiger partial charge is 0.0237 e. The molecule has 0 aliphatic carbocycles. The van der Waals surface area contributed by atoms with Gasteiger partial charge in [-0.25, -0.2) is 0 Å². The van der Waals surface area contributed by atoms with Crippen LogP contribution in [0.4, 0.5) is 0 Å². The van der Waals surface area contributed by atoms with Gasteiger partial charge in [0.1, 0.15) is 0 Å².